The minimum atomic E-state index is -0.135. The van der Waals surface area contributed by atoms with Gasteiger partial charge in [0.15, 0.2) is 0 Å². The van der Waals surface area contributed by atoms with Crippen LogP contribution in [0.5, 0.6) is 0 Å². The number of nitrogens with one attached hydrogen (secondary N) is 1. The lowest BCUT2D eigenvalue weighted by Gasteiger charge is -2.09. The third-order valence-electron chi connectivity index (χ3n) is 3.80. The molecule has 4 aromatic rings. The number of amides is 1. The molecular weight excluding hydrogens is 276 g/mol. The fourth-order valence-corrected chi connectivity index (χ4v) is 2.71. The van der Waals surface area contributed by atoms with E-state index in [1.165, 1.54) is 0 Å². The molecule has 0 saturated carbocycles. The summed E-state index contributed by atoms with van der Waals surface area (Å²) < 4.78 is 3.84. The molecule has 1 N–H and O–H groups in total. The lowest BCUT2D eigenvalue weighted by molar-refractivity contribution is 0.102. The topological polar surface area (TPSA) is 51.3 Å². The zero-order valence-electron chi connectivity index (χ0n) is 12.0. The Morgan fingerprint density at radius 1 is 1.14 bits per heavy atom. The molecule has 0 fully saturated rings. The maximum atomic E-state index is 12.5. The number of hydrogen-bond acceptors (Lipinski definition) is 2. The molecule has 4 rings (SSSR count). The molecule has 0 saturated heterocycles. The molecule has 0 atom stereocenters. The minimum absolute atomic E-state index is 0.135. The van der Waals surface area contributed by atoms with Gasteiger partial charge in [0.05, 0.1) is 16.8 Å². The molecule has 3 heterocycles. The van der Waals surface area contributed by atoms with Crippen molar-refractivity contribution in [2.45, 2.75) is 0 Å². The lowest BCUT2D eigenvalue weighted by atomic mass is 10.2. The molecule has 108 valence electrons. The van der Waals surface area contributed by atoms with E-state index in [1.807, 2.05) is 58.7 Å². The third-order valence-corrected chi connectivity index (χ3v) is 3.80. The predicted molar refractivity (Wildman–Crippen MR) is 86.1 cm³/mol. The molecule has 0 bridgehead atoms. The minimum Gasteiger partial charge on any atom is -0.349 e. The number of rotatable bonds is 2. The average molecular weight is 290 g/mol. The third kappa shape index (κ3) is 1.95. The van der Waals surface area contributed by atoms with Crippen LogP contribution in [0.2, 0.25) is 0 Å². The predicted octanol–water partition coefficient (Wildman–Crippen LogP) is 3.08. The average Bonchev–Trinajstić information content (AvgIpc) is 3.14. The first-order chi connectivity index (χ1) is 10.7. The first-order valence-corrected chi connectivity index (χ1v) is 7.00. The quantitative estimate of drug-likeness (QED) is 0.617. The van der Waals surface area contributed by atoms with Crippen molar-refractivity contribution in [2.24, 2.45) is 7.05 Å². The van der Waals surface area contributed by atoms with Gasteiger partial charge < -0.3 is 14.3 Å². The second kappa shape index (κ2) is 4.73. The van der Waals surface area contributed by atoms with Gasteiger partial charge in [-0.25, -0.2) is 4.98 Å². The monoisotopic (exact) mass is 290 g/mol. The van der Waals surface area contributed by atoms with Crippen molar-refractivity contribution in [1.29, 1.82) is 0 Å². The highest BCUT2D eigenvalue weighted by Crippen LogP contribution is 2.24. The number of benzene rings is 1. The highest BCUT2D eigenvalue weighted by atomic mass is 16.1. The number of carbonyl (C=O) groups excluding carboxylic acids is 1. The first-order valence-electron chi connectivity index (χ1n) is 7.00. The van der Waals surface area contributed by atoms with E-state index < -0.39 is 0 Å². The van der Waals surface area contributed by atoms with Crippen LogP contribution in [0.4, 0.5) is 5.69 Å². The zero-order chi connectivity index (χ0) is 15.1. The highest BCUT2D eigenvalue weighted by Gasteiger charge is 2.11. The first kappa shape index (κ1) is 12.6. The number of aromatic nitrogens is 3. The Labute approximate surface area is 126 Å². The SMILES string of the molecule is Cn1ccc2cccc(NC(=O)c3ccc4nccn4c3)c21. The fourth-order valence-electron chi connectivity index (χ4n) is 2.71. The van der Waals surface area contributed by atoms with E-state index in [4.69, 9.17) is 0 Å². The van der Waals surface area contributed by atoms with E-state index in [0.29, 0.717) is 5.56 Å². The molecular formula is C17H14N4O. The van der Waals surface area contributed by atoms with E-state index in [1.54, 1.807) is 18.5 Å². The molecule has 0 spiro atoms. The van der Waals surface area contributed by atoms with Gasteiger partial charge >= 0.3 is 0 Å². The van der Waals surface area contributed by atoms with Gasteiger partial charge in [-0.15, -0.1) is 0 Å². The Kier molecular flexibility index (Phi) is 2.72. The second-order valence-corrected chi connectivity index (χ2v) is 5.23. The van der Waals surface area contributed by atoms with Crippen LogP contribution in [-0.2, 0) is 7.05 Å². The molecule has 0 aliphatic carbocycles. The number of anilines is 1. The van der Waals surface area contributed by atoms with Crippen molar-refractivity contribution in [3.63, 3.8) is 0 Å². The second-order valence-electron chi connectivity index (χ2n) is 5.23. The largest absolute Gasteiger partial charge is 0.349 e. The molecule has 1 aromatic carbocycles. The zero-order valence-corrected chi connectivity index (χ0v) is 12.0. The van der Waals surface area contributed by atoms with E-state index in [-0.39, 0.29) is 5.91 Å². The highest BCUT2D eigenvalue weighted by molar-refractivity contribution is 6.08. The summed E-state index contributed by atoms with van der Waals surface area (Å²) in [6.07, 6.45) is 7.30. The number of aryl methyl sites for hydroxylation is 1. The molecule has 22 heavy (non-hydrogen) atoms. The van der Waals surface area contributed by atoms with Crippen LogP contribution < -0.4 is 5.32 Å². The number of para-hydroxylation sites is 1. The summed E-state index contributed by atoms with van der Waals surface area (Å²) in [5, 5.41) is 4.09. The number of imidazole rings is 1. The Morgan fingerprint density at radius 2 is 2.05 bits per heavy atom. The standard InChI is InChI=1S/C17H14N4O/c1-20-9-7-12-3-2-4-14(16(12)20)19-17(22)13-5-6-15-18-8-10-21(15)11-13/h2-11H,1H3,(H,19,22). The van der Waals surface area contributed by atoms with Gasteiger partial charge in [0, 0.05) is 37.2 Å². The smallest absolute Gasteiger partial charge is 0.257 e. The summed E-state index contributed by atoms with van der Waals surface area (Å²) in [4.78, 5) is 16.7. The molecule has 0 radical (unpaired) electrons. The van der Waals surface area contributed by atoms with E-state index in [0.717, 1.165) is 22.2 Å². The molecule has 3 aromatic heterocycles. The summed E-state index contributed by atoms with van der Waals surface area (Å²) in [6.45, 7) is 0. The van der Waals surface area contributed by atoms with Crippen molar-refractivity contribution in [2.75, 3.05) is 5.32 Å². The van der Waals surface area contributed by atoms with Gasteiger partial charge in [-0.2, -0.15) is 0 Å². The maximum Gasteiger partial charge on any atom is 0.257 e. The summed E-state index contributed by atoms with van der Waals surface area (Å²) in [7, 11) is 1.97. The van der Waals surface area contributed by atoms with Gasteiger partial charge in [-0.3, -0.25) is 4.79 Å². The van der Waals surface area contributed by atoms with Crippen LogP contribution in [0, 0.1) is 0 Å². The van der Waals surface area contributed by atoms with E-state index in [9.17, 15) is 4.79 Å². The maximum absolute atomic E-state index is 12.5. The molecule has 0 unspecified atom stereocenters. The number of pyridine rings is 1. The van der Waals surface area contributed by atoms with Gasteiger partial charge in [0.25, 0.3) is 5.91 Å². The van der Waals surface area contributed by atoms with Crippen LogP contribution in [0.3, 0.4) is 0 Å². The van der Waals surface area contributed by atoms with Crippen molar-refractivity contribution < 1.29 is 4.79 Å². The van der Waals surface area contributed by atoms with Crippen molar-refractivity contribution >= 4 is 28.1 Å². The van der Waals surface area contributed by atoms with Crippen LogP contribution in [-0.4, -0.2) is 19.9 Å². The fraction of sp³-hybridized carbons (Fsp3) is 0.0588. The van der Waals surface area contributed by atoms with Crippen molar-refractivity contribution in [1.82, 2.24) is 14.0 Å². The molecule has 5 nitrogen and oxygen atoms in total. The Bertz CT molecular complexity index is 996. The normalized spacial score (nSPS) is 11.1. The van der Waals surface area contributed by atoms with Crippen molar-refractivity contribution in [3.05, 3.63) is 66.7 Å². The van der Waals surface area contributed by atoms with Gasteiger partial charge in [0.1, 0.15) is 5.65 Å². The van der Waals surface area contributed by atoms with E-state index >= 15 is 0 Å². The number of hydrogen-bond donors (Lipinski definition) is 1. The summed E-state index contributed by atoms with van der Waals surface area (Å²) in [5.74, 6) is -0.135. The summed E-state index contributed by atoms with van der Waals surface area (Å²) in [5.41, 5.74) is 3.23. The van der Waals surface area contributed by atoms with Crippen LogP contribution in [0.15, 0.2) is 61.2 Å². The summed E-state index contributed by atoms with van der Waals surface area (Å²) >= 11 is 0. The van der Waals surface area contributed by atoms with Crippen molar-refractivity contribution in [3.8, 4) is 0 Å². The Morgan fingerprint density at radius 3 is 2.95 bits per heavy atom. The molecule has 1 amide bonds. The van der Waals surface area contributed by atoms with Crippen LogP contribution in [0.1, 0.15) is 10.4 Å². The molecule has 0 aliphatic heterocycles. The Balaban J connectivity index is 1.72. The summed E-state index contributed by atoms with van der Waals surface area (Å²) in [6, 6.07) is 11.5. The van der Waals surface area contributed by atoms with Crippen LogP contribution >= 0.6 is 0 Å². The number of carbonyl (C=O) groups is 1. The van der Waals surface area contributed by atoms with Gasteiger partial charge in [-0.1, -0.05) is 12.1 Å². The van der Waals surface area contributed by atoms with Crippen LogP contribution in [0.25, 0.3) is 16.6 Å². The molecule has 5 heteroatoms. The van der Waals surface area contributed by atoms with Gasteiger partial charge in [0.2, 0.25) is 0 Å². The van der Waals surface area contributed by atoms with E-state index in [2.05, 4.69) is 10.3 Å². The molecule has 0 aliphatic rings. The Hall–Kier alpha value is -3.08. The number of nitrogens with zero attached hydrogens (tertiary/aromatic N) is 3. The number of fused-ring (bicyclic) bond motifs is 2. The van der Waals surface area contributed by atoms with Gasteiger partial charge in [-0.05, 0) is 24.3 Å². The lowest BCUT2D eigenvalue weighted by Crippen LogP contribution is -2.13.